The van der Waals surface area contributed by atoms with Gasteiger partial charge in [-0.3, -0.25) is 9.69 Å². The monoisotopic (exact) mass is 366 g/mol. The summed E-state index contributed by atoms with van der Waals surface area (Å²) >= 11 is 3.43. The summed E-state index contributed by atoms with van der Waals surface area (Å²) in [7, 11) is 0. The predicted molar refractivity (Wildman–Crippen MR) is 89.3 cm³/mol. The molecular formula is C17H23BrN2O2. The summed E-state index contributed by atoms with van der Waals surface area (Å²) < 4.78 is 6.91. The van der Waals surface area contributed by atoms with Crippen molar-refractivity contribution in [2.75, 3.05) is 13.2 Å². The summed E-state index contributed by atoms with van der Waals surface area (Å²) in [5.74, 6) is -0.291. The summed E-state index contributed by atoms with van der Waals surface area (Å²) in [6.45, 7) is 6.18. The van der Waals surface area contributed by atoms with Crippen molar-refractivity contribution in [3.63, 3.8) is 0 Å². The molecule has 2 fully saturated rings. The fourth-order valence-electron chi connectivity index (χ4n) is 3.98. The maximum absolute atomic E-state index is 12.1. The molecule has 0 bridgehead atoms. The van der Waals surface area contributed by atoms with Crippen molar-refractivity contribution in [2.45, 2.75) is 44.9 Å². The second-order valence-corrected chi connectivity index (χ2v) is 7.93. The fraction of sp³-hybridized carbons (Fsp3) is 0.588. The van der Waals surface area contributed by atoms with E-state index in [1.807, 2.05) is 24.3 Å². The number of halogens is 1. The molecule has 1 aromatic carbocycles. The first-order valence-electron chi connectivity index (χ1n) is 7.82. The molecule has 2 heterocycles. The molecular weight excluding hydrogens is 344 g/mol. The molecule has 3 rings (SSSR count). The number of amides is 1. The maximum atomic E-state index is 12.1. The Hall–Kier alpha value is -0.910. The van der Waals surface area contributed by atoms with Gasteiger partial charge in [-0.2, -0.15) is 0 Å². The number of hydrogen-bond acceptors (Lipinski definition) is 3. The van der Waals surface area contributed by atoms with Crippen molar-refractivity contribution in [1.82, 2.24) is 4.90 Å². The van der Waals surface area contributed by atoms with Crippen molar-refractivity contribution in [1.29, 1.82) is 0 Å². The van der Waals surface area contributed by atoms with Crippen molar-refractivity contribution >= 4 is 21.8 Å². The van der Waals surface area contributed by atoms with E-state index in [1.54, 1.807) is 0 Å². The second-order valence-electron chi connectivity index (χ2n) is 7.01. The lowest BCUT2D eigenvalue weighted by atomic mass is 9.70. The molecule has 1 amide bonds. The van der Waals surface area contributed by atoms with Crippen LogP contribution in [0.5, 0.6) is 0 Å². The minimum absolute atomic E-state index is 0.151. The molecule has 1 aromatic rings. The average Bonchev–Trinajstić information content (AvgIpc) is 2.93. The number of nitrogens with two attached hydrogens (primary N) is 1. The van der Waals surface area contributed by atoms with Crippen LogP contribution in [-0.2, 0) is 9.53 Å². The van der Waals surface area contributed by atoms with E-state index in [9.17, 15) is 4.79 Å². The third kappa shape index (κ3) is 2.82. The lowest BCUT2D eigenvalue weighted by Gasteiger charge is -2.58. The second kappa shape index (κ2) is 5.95. The highest BCUT2D eigenvalue weighted by molar-refractivity contribution is 9.10. The van der Waals surface area contributed by atoms with Gasteiger partial charge in [-0.25, -0.2) is 0 Å². The molecule has 2 aliphatic heterocycles. The van der Waals surface area contributed by atoms with Crippen LogP contribution in [0.15, 0.2) is 28.7 Å². The molecule has 2 aliphatic rings. The van der Waals surface area contributed by atoms with Gasteiger partial charge < -0.3 is 10.5 Å². The molecule has 3 atom stereocenters. The molecule has 0 aliphatic carbocycles. The minimum atomic E-state index is -0.379. The van der Waals surface area contributed by atoms with Crippen LogP contribution < -0.4 is 5.73 Å². The zero-order chi connectivity index (χ0) is 15.9. The third-order valence-electron chi connectivity index (χ3n) is 4.85. The van der Waals surface area contributed by atoms with Gasteiger partial charge in [-0.1, -0.05) is 41.9 Å². The number of likely N-dealkylation sites (tertiary alicyclic amines) is 1. The summed E-state index contributed by atoms with van der Waals surface area (Å²) in [6, 6.07) is 7.72. The summed E-state index contributed by atoms with van der Waals surface area (Å²) in [4.78, 5) is 14.3. The lowest BCUT2D eigenvalue weighted by molar-refractivity contribution is -0.154. The third-order valence-corrected chi connectivity index (χ3v) is 5.38. The molecule has 3 unspecified atom stereocenters. The number of rotatable bonds is 4. The van der Waals surface area contributed by atoms with E-state index in [2.05, 4.69) is 34.7 Å². The van der Waals surface area contributed by atoms with Crippen LogP contribution in [-0.4, -0.2) is 36.1 Å². The SMILES string of the molecule is CC1(C)CN(C(C(N)=O)c2ccc(Br)cc2)C1C1CCCO1. The Kier molecular flexibility index (Phi) is 4.32. The summed E-state index contributed by atoms with van der Waals surface area (Å²) in [5.41, 5.74) is 6.84. The number of ether oxygens (including phenoxy) is 1. The topological polar surface area (TPSA) is 55.6 Å². The van der Waals surface area contributed by atoms with Crippen LogP contribution in [0.2, 0.25) is 0 Å². The molecule has 2 N–H and O–H groups in total. The Labute approximate surface area is 140 Å². The standard InChI is InChI=1S/C17H23BrN2O2/c1-17(2)10-20(15(17)13-4-3-9-22-13)14(16(19)21)11-5-7-12(18)8-6-11/h5-8,13-15H,3-4,9-10H2,1-2H3,(H2,19,21). The van der Waals surface area contributed by atoms with E-state index < -0.39 is 0 Å². The predicted octanol–water partition coefficient (Wildman–Crippen LogP) is 2.86. The zero-order valence-corrected chi connectivity index (χ0v) is 14.7. The first kappa shape index (κ1) is 16.0. The maximum Gasteiger partial charge on any atom is 0.239 e. The summed E-state index contributed by atoms with van der Waals surface area (Å²) in [6.07, 6.45) is 2.38. The van der Waals surface area contributed by atoms with Gasteiger partial charge in [0.25, 0.3) is 0 Å². The van der Waals surface area contributed by atoms with E-state index >= 15 is 0 Å². The van der Waals surface area contributed by atoms with E-state index in [0.717, 1.165) is 36.0 Å². The highest BCUT2D eigenvalue weighted by Gasteiger charge is 2.54. The first-order valence-corrected chi connectivity index (χ1v) is 8.61. The van der Waals surface area contributed by atoms with Gasteiger partial charge in [0.15, 0.2) is 0 Å². The van der Waals surface area contributed by atoms with E-state index in [0.29, 0.717) is 0 Å². The molecule has 120 valence electrons. The van der Waals surface area contributed by atoms with Gasteiger partial charge in [-0.05, 0) is 36.0 Å². The highest BCUT2D eigenvalue weighted by Crippen LogP contribution is 2.46. The zero-order valence-electron chi connectivity index (χ0n) is 13.1. The molecule has 2 saturated heterocycles. The van der Waals surface area contributed by atoms with Crippen molar-refractivity contribution < 1.29 is 9.53 Å². The van der Waals surface area contributed by atoms with Crippen molar-refractivity contribution in [3.05, 3.63) is 34.3 Å². The van der Waals surface area contributed by atoms with Gasteiger partial charge in [0.1, 0.15) is 6.04 Å². The number of nitrogens with zero attached hydrogens (tertiary/aromatic N) is 1. The molecule has 22 heavy (non-hydrogen) atoms. The molecule has 0 saturated carbocycles. The Morgan fingerprint density at radius 2 is 2.09 bits per heavy atom. The van der Waals surface area contributed by atoms with E-state index in [-0.39, 0.29) is 29.5 Å². The lowest BCUT2D eigenvalue weighted by Crippen LogP contribution is -2.68. The quantitative estimate of drug-likeness (QED) is 0.891. The minimum Gasteiger partial charge on any atom is -0.377 e. The van der Waals surface area contributed by atoms with Gasteiger partial charge in [-0.15, -0.1) is 0 Å². The first-order chi connectivity index (χ1) is 10.4. The average molecular weight is 367 g/mol. The number of carbonyl (C=O) groups excluding carboxylic acids is 1. The largest absolute Gasteiger partial charge is 0.377 e. The summed E-state index contributed by atoms with van der Waals surface area (Å²) in [5, 5.41) is 0. The molecule has 0 spiro atoms. The normalized spacial score (nSPS) is 29.0. The highest BCUT2D eigenvalue weighted by atomic mass is 79.9. The van der Waals surface area contributed by atoms with Gasteiger partial charge in [0.05, 0.1) is 6.10 Å². The van der Waals surface area contributed by atoms with Crippen LogP contribution in [0.3, 0.4) is 0 Å². The number of carbonyl (C=O) groups is 1. The van der Waals surface area contributed by atoms with Crippen LogP contribution in [0, 0.1) is 5.41 Å². The number of benzene rings is 1. The van der Waals surface area contributed by atoms with Crippen molar-refractivity contribution in [3.8, 4) is 0 Å². The van der Waals surface area contributed by atoms with E-state index in [1.165, 1.54) is 0 Å². The molecule has 4 nitrogen and oxygen atoms in total. The van der Waals surface area contributed by atoms with Gasteiger partial charge >= 0.3 is 0 Å². The van der Waals surface area contributed by atoms with Crippen LogP contribution in [0.1, 0.15) is 38.3 Å². The van der Waals surface area contributed by atoms with Crippen LogP contribution >= 0.6 is 15.9 Å². The van der Waals surface area contributed by atoms with Crippen molar-refractivity contribution in [2.24, 2.45) is 11.1 Å². The molecule has 0 aromatic heterocycles. The van der Waals surface area contributed by atoms with E-state index in [4.69, 9.17) is 10.5 Å². The Balaban J connectivity index is 1.88. The Bertz CT molecular complexity index is 552. The fourth-order valence-corrected chi connectivity index (χ4v) is 4.25. The van der Waals surface area contributed by atoms with Gasteiger partial charge in [0.2, 0.25) is 5.91 Å². The molecule has 5 heteroatoms. The number of hydrogen-bond donors (Lipinski definition) is 1. The smallest absolute Gasteiger partial charge is 0.239 e. The van der Waals surface area contributed by atoms with Gasteiger partial charge in [0, 0.05) is 23.7 Å². The Morgan fingerprint density at radius 3 is 2.59 bits per heavy atom. The molecule has 0 radical (unpaired) electrons. The van der Waals surface area contributed by atoms with Crippen LogP contribution in [0.4, 0.5) is 0 Å². The van der Waals surface area contributed by atoms with Crippen LogP contribution in [0.25, 0.3) is 0 Å². The Morgan fingerprint density at radius 1 is 1.41 bits per heavy atom. The number of primary amides is 1.